The molecular weight excluding hydrogens is 270 g/mol. The summed E-state index contributed by atoms with van der Waals surface area (Å²) in [5.74, 6) is 1.32. The first-order valence-electron chi connectivity index (χ1n) is 4.55. The molecule has 5 heteroatoms. The van der Waals surface area contributed by atoms with Crippen molar-refractivity contribution >= 4 is 15.9 Å². The molecule has 0 bridgehead atoms. The van der Waals surface area contributed by atoms with Gasteiger partial charge in [0.2, 0.25) is 0 Å². The third kappa shape index (κ3) is 2.23. The monoisotopic (exact) mass is 277 g/mol. The van der Waals surface area contributed by atoms with E-state index in [-0.39, 0.29) is 0 Å². The second-order valence-electron chi connectivity index (χ2n) is 3.21. The Kier molecular flexibility index (Phi) is 2.93. The first-order chi connectivity index (χ1) is 7.69. The van der Waals surface area contributed by atoms with E-state index >= 15 is 0 Å². The lowest BCUT2D eigenvalue weighted by Gasteiger charge is -2.04. The fraction of sp³-hybridized carbons (Fsp3) is 0.0909. The minimum Gasteiger partial charge on any atom is -0.453 e. The molecule has 0 spiro atoms. The van der Waals surface area contributed by atoms with Crippen molar-refractivity contribution in [2.24, 2.45) is 7.05 Å². The maximum Gasteiger partial charge on any atom is 0.165 e. The van der Waals surface area contributed by atoms with Crippen LogP contribution in [-0.2, 0) is 7.05 Å². The Morgan fingerprint density at radius 3 is 2.88 bits per heavy atom. The van der Waals surface area contributed by atoms with Crippen LogP contribution >= 0.6 is 15.9 Å². The van der Waals surface area contributed by atoms with Gasteiger partial charge in [0.15, 0.2) is 5.75 Å². The third-order valence-corrected chi connectivity index (χ3v) is 2.59. The minimum atomic E-state index is 0.588. The molecule has 1 heterocycles. The average molecular weight is 278 g/mol. The summed E-state index contributed by atoms with van der Waals surface area (Å²) in [5.41, 5.74) is 0.588. The highest BCUT2D eigenvalue weighted by Crippen LogP contribution is 2.29. The van der Waals surface area contributed by atoms with E-state index in [9.17, 15) is 0 Å². The Bertz CT molecular complexity index is 557. The molecule has 0 atom stereocenters. The predicted octanol–water partition coefficient (Wildman–Crippen LogP) is 2.85. The summed E-state index contributed by atoms with van der Waals surface area (Å²) in [6.07, 6.45) is 3.40. The van der Waals surface area contributed by atoms with Crippen molar-refractivity contribution in [3.8, 4) is 17.6 Å². The zero-order valence-electron chi connectivity index (χ0n) is 8.51. The molecule has 0 N–H and O–H groups in total. The summed E-state index contributed by atoms with van der Waals surface area (Å²) in [6.45, 7) is 0. The normalized spacial score (nSPS) is 9.81. The smallest absolute Gasteiger partial charge is 0.165 e. The number of hydrogen-bond donors (Lipinski definition) is 0. The number of aryl methyl sites for hydroxylation is 1. The van der Waals surface area contributed by atoms with Gasteiger partial charge in [-0.1, -0.05) is 0 Å². The van der Waals surface area contributed by atoms with E-state index in [2.05, 4.69) is 27.1 Å². The van der Waals surface area contributed by atoms with Crippen LogP contribution in [0.4, 0.5) is 0 Å². The molecule has 0 aliphatic heterocycles. The second-order valence-corrected chi connectivity index (χ2v) is 4.06. The lowest BCUT2D eigenvalue weighted by Crippen LogP contribution is -1.86. The molecule has 80 valence electrons. The van der Waals surface area contributed by atoms with Gasteiger partial charge in [-0.3, -0.25) is 4.68 Å². The molecule has 1 aromatic carbocycles. The number of ether oxygens (including phenoxy) is 1. The summed E-state index contributed by atoms with van der Waals surface area (Å²) in [4.78, 5) is 0. The van der Waals surface area contributed by atoms with E-state index < -0.39 is 0 Å². The van der Waals surface area contributed by atoms with Crippen LogP contribution in [0.2, 0.25) is 0 Å². The van der Waals surface area contributed by atoms with E-state index in [0.717, 1.165) is 4.47 Å². The van der Waals surface area contributed by atoms with E-state index in [4.69, 9.17) is 10.00 Å². The highest BCUT2D eigenvalue weighted by Gasteiger charge is 2.05. The van der Waals surface area contributed by atoms with E-state index in [0.29, 0.717) is 17.1 Å². The highest BCUT2D eigenvalue weighted by atomic mass is 79.9. The molecular formula is C11H8BrN3O. The average Bonchev–Trinajstić information content (AvgIpc) is 2.67. The van der Waals surface area contributed by atoms with Crippen LogP contribution in [-0.4, -0.2) is 9.78 Å². The van der Waals surface area contributed by atoms with Gasteiger partial charge in [-0.15, -0.1) is 0 Å². The summed E-state index contributed by atoms with van der Waals surface area (Å²) in [6, 6.07) is 7.23. The van der Waals surface area contributed by atoms with Gasteiger partial charge < -0.3 is 4.74 Å². The first-order valence-corrected chi connectivity index (χ1v) is 5.34. The van der Waals surface area contributed by atoms with Gasteiger partial charge in [-0.05, 0) is 34.1 Å². The molecule has 1 aromatic heterocycles. The van der Waals surface area contributed by atoms with Gasteiger partial charge in [0.1, 0.15) is 5.75 Å². The number of benzene rings is 1. The van der Waals surface area contributed by atoms with Crippen LogP contribution in [0.1, 0.15) is 5.56 Å². The Balaban J connectivity index is 2.26. The molecule has 0 amide bonds. The maximum atomic E-state index is 8.72. The van der Waals surface area contributed by atoms with Crippen molar-refractivity contribution in [2.45, 2.75) is 0 Å². The number of aromatic nitrogens is 2. The van der Waals surface area contributed by atoms with Gasteiger partial charge in [-0.2, -0.15) is 10.4 Å². The second kappa shape index (κ2) is 4.37. The van der Waals surface area contributed by atoms with Gasteiger partial charge in [0, 0.05) is 7.05 Å². The molecule has 2 aromatic rings. The summed E-state index contributed by atoms with van der Waals surface area (Å²) >= 11 is 3.35. The Labute approximate surface area is 101 Å². The molecule has 2 rings (SSSR count). The van der Waals surface area contributed by atoms with Crippen molar-refractivity contribution in [3.63, 3.8) is 0 Å². The largest absolute Gasteiger partial charge is 0.453 e. The maximum absolute atomic E-state index is 8.72. The number of nitrogens with zero attached hydrogens (tertiary/aromatic N) is 3. The van der Waals surface area contributed by atoms with Crippen molar-refractivity contribution in [1.29, 1.82) is 5.26 Å². The molecule has 0 saturated heterocycles. The zero-order chi connectivity index (χ0) is 11.5. The van der Waals surface area contributed by atoms with Crippen molar-refractivity contribution in [2.75, 3.05) is 0 Å². The van der Waals surface area contributed by atoms with Crippen LogP contribution in [0.25, 0.3) is 0 Å². The predicted molar refractivity (Wildman–Crippen MR) is 62.1 cm³/mol. The van der Waals surface area contributed by atoms with Gasteiger partial charge >= 0.3 is 0 Å². The van der Waals surface area contributed by atoms with Crippen molar-refractivity contribution in [1.82, 2.24) is 9.78 Å². The van der Waals surface area contributed by atoms with Crippen LogP contribution in [0, 0.1) is 11.3 Å². The van der Waals surface area contributed by atoms with Gasteiger partial charge in [0.05, 0.1) is 28.5 Å². The van der Waals surface area contributed by atoms with Gasteiger partial charge in [0.25, 0.3) is 0 Å². The fourth-order valence-electron chi connectivity index (χ4n) is 1.23. The Morgan fingerprint density at radius 2 is 2.31 bits per heavy atom. The van der Waals surface area contributed by atoms with Crippen LogP contribution in [0.15, 0.2) is 35.1 Å². The molecule has 0 fully saturated rings. The quantitative estimate of drug-likeness (QED) is 0.848. The van der Waals surface area contributed by atoms with Gasteiger partial charge in [-0.25, -0.2) is 0 Å². The van der Waals surface area contributed by atoms with Crippen LogP contribution in [0.5, 0.6) is 11.5 Å². The molecule has 4 nitrogen and oxygen atoms in total. The zero-order valence-corrected chi connectivity index (χ0v) is 10.1. The minimum absolute atomic E-state index is 0.588. The number of nitriles is 1. The fourth-order valence-corrected chi connectivity index (χ4v) is 1.69. The van der Waals surface area contributed by atoms with E-state index in [1.165, 1.54) is 0 Å². The Morgan fingerprint density at radius 1 is 1.50 bits per heavy atom. The molecule has 0 unspecified atom stereocenters. The first kappa shape index (κ1) is 10.7. The Hall–Kier alpha value is -1.80. The number of halogens is 1. The highest BCUT2D eigenvalue weighted by molar-refractivity contribution is 9.10. The van der Waals surface area contributed by atoms with E-state index in [1.807, 2.05) is 7.05 Å². The number of rotatable bonds is 2. The molecule has 16 heavy (non-hydrogen) atoms. The lowest BCUT2D eigenvalue weighted by atomic mass is 10.2. The summed E-state index contributed by atoms with van der Waals surface area (Å²) < 4.78 is 8.00. The standard InChI is InChI=1S/C11H8BrN3O/c1-15-7-9(6-14-15)16-11-3-2-8(5-13)4-10(11)12/h2-4,6-7H,1H3. The topological polar surface area (TPSA) is 50.8 Å². The molecule has 0 aliphatic carbocycles. The number of hydrogen-bond acceptors (Lipinski definition) is 3. The lowest BCUT2D eigenvalue weighted by molar-refractivity contribution is 0.479. The molecule has 0 saturated carbocycles. The van der Waals surface area contributed by atoms with E-state index in [1.54, 1.807) is 35.3 Å². The summed E-state index contributed by atoms with van der Waals surface area (Å²) in [7, 11) is 1.82. The molecule has 0 radical (unpaired) electrons. The van der Waals surface area contributed by atoms with Crippen LogP contribution in [0.3, 0.4) is 0 Å². The molecule has 0 aliphatic rings. The third-order valence-electron chi connectivity index (χ3n) is 1.97. The van der Waals surface area contributed by atoms with Crippen molar-refractivity contribution in [3.05, 3.63) is 40.6 Å². The SMILES string of the molecule is Cn1cc(Oc2ccc(C#N)cc2Br)cn1. The van der Waals surface area contributed by atoms with Crippen molar-refractivity contribution < 1.29 is 4.74 Å². The van der Waals surface area contributed by atoms with Crippen LogP contribution < -0.4 is 4.74 Å². The summed E-state index contributed by atoms with van der Waals surface area (Å²) in [5, 5.41) is 12.7.